The first-order valence-electron chi connectivity index (χ1n) is 4.26. The van der Waals surface area contributed by atoms with Gasteiger partial charge in [-0.25, -0.2) is 4.39 Å². The Hall–Kier alpha value is -1.62. The van der Waals surface area contributed by atoms with Crippen LogP contribution in [0, 0.1) is 12.7 Å². The molecule has 5 heteroatoms. The maximum absolute atomic E-state index is 13.4. The largest absolute Gasteiger partial charge is 0.287 e. The summed E-state index contributed by atoms with van der Waals surface area (Å²) in [5.74, 6) is -0.884. The third-order valence-electron chi connectivity index (χ3n) is 1.95. The van der Waals surface area contributed by atoms with Crippen molar-refractivity contribution in [2.24, 2.45) is 0 Å². The Balaban J connectivity index is 2.46. The minimum atomic E-state index is -0.515. The molecule has 0 aliphatic rings. The van der Waals surface area contributed by atoms with Gasteiger partial charge in [-0.1, -0.05) is 16.1 Å². The van der Waals surface area contributed by atoms with E-state index in [2.05, 4.69) is 9.59 Å². The molecule has 3 nitrogen and oxygen atoms in total. The van der Waals surface area contributed by atoms with E-state index in [4.69, 9.17) is 0 Å². The molecule has 0 unspecified atom stereocenters. The molecule has 0 fully saturated rings. The fourth-order valence-corrected chi connectivity index (χ4v) is 1.68. The van der Waals surface area contributed by atoms with Crippen LogP contribution in [0.25, 0.3) is 0 Å². The van der Waals surface area contributed by atoms with Crippen molar-refractivity contribution in [1.29, 1.82) is 0 Å². The van der Waals surface area contributed by atoms with Crippen molar-refractivity contribution in [1.82, 2.24) is 9.59 Å². The van der Waals surface area contributed by atoms with E-state index in [9.17, 15) is 9.18 Å². The Morgan fingerprint density at radius 1 is 1.47 bits per heavy atom. The molecule has 0 saturated carbocycles. The molecule has 0 amide bonds. The Labute approximate surface area is 89.7 Å². The molecule has 1 aromatic carbocycles. The fourth-order valence-electron chi connectivity index (χ4n) is 1.21. The van der Waals surface area contributed by atoms with Crippen LogP contribution >= 0.6 is 11.5 Å². The van der Waals surface area contributed by atoms with E-state index in [1.165, 1.54) is 18.3 Å². The molecular weight excluding hydrogens is 215 g/mol. The van der Waals surface area contributed by atoms with Crippen LogP contribution in [0.15, 0.2) is 24.4 Å². The van der Waals surface area contributed by atoms with E-state index in [0.717, 1.165) is 17.1 Å². The maximum Gasteiger partial charge on any atom is 0.209 e. The van der Waals surface area contributed by atoms with Crippen LogP contribution in [0.5, 0.6) is 0 Å². The van der Waals surface area contributed by atoms with Crippen molar-refractivity contribution in [2.45, 2.75) is 6.92 Å². The summed E-state index contributed by atoms with van der Waals surface area (Å²) < 4.78 is 16.9. The number of ketones is 1. The predicted octanol–water partition coefficient (Wildman–Crippen LogP) is 2.22. The summed E-state index contributed by atoms with van der Waals surface area (Å²) in [7, 11) is 0. The highest BCUT2D eigenvalue weighted by atomic mass is 32.1. The number of aryl methyl sites for hydroxylation is 1. The SMILES string of the molecule is Cc1ccc(F)c(C(=O)c2cnns2)c1. The van der Waals surface area contributed by atoms with E-state index >= 15 is 0 Å². The molecule has 0 saturated heterocycles. The minimum absolute atomic E-state index is 0.0704. The smallest absolute Gasteiger partial charge is 0.209 e. The molecule has 0 radical (unpaired) electrons. The van der Waals surface area contributed by atoms with Gasteiger partial charge in [-0.15, -0.1) is 5.10 Å². The second-order valence-corrected chi connectivity index (χ2v) is 3.88. The summed E-state index contributed by atoms with van der Waals surface area (Å²) in [6.07, 6.45) is 1.34. The highest BCUT2D eigenvalue weighted by Gasteiger charge is 2.15. The molecule has 0 spiro atoms. The van der Waals surface area contributed by atoms with Crippen LogP contribution in [0.1, 0.15) is 20.8 Å². The van der Waals surface area contributed by atoms with Gasteiger partial charge in [0.2, 0.25) is 5.78 Å². The highest BCUT2D eigenvalue weighted by molar-refractivity contribution is 7.08. The lowest BCUT2D eigenvalue weighted by Gasteiger charge is -2.00. The van der Waals surface area contributed by atoms with Gasteiger partial charge in [0.25, 0.3) is 0 Å². The van der Waals surface area contributed by atoms with E-state index < -0.39 is 5.82 Å². The standard InChI is InChI=1S/C10H7FN2OS/c1-6-2-3-8(11)7(4-6)10(14)9-5-12-13-15-9/h2-5H,1H3. The number of benzene rings is 1. The molecule has 2 rings (SSSR count). The number of nitrogens with zero attached hydrogens (tertiary/aromatic N) is 2. The molecule has 76 valence electrons. The zero-order chi connectivity index (χ0) is 10.8. The summed E-state index contributed by atoms with van der Waals surface area (Å²) >= 11 is 0.963. The molecular formula is C10H7FN2OS. The third kappa shape index (κ3) is 1.92. The molecule has 0 atom stereocenters. The van der Waals surface area contributed by atoms with Crippen LogP contribution in [0.2, 0.25) is 0 Å². The number of carbonyl (C=O) groups is 1. The molecule has 0 bridgehead atoms. The Morgan fingerprint density at radius 2 is 2.27 bits per heavy atom. The Kier molecular flexibility index (Phi) is 2.55. The molecule has 0 N–H and O–H groups in total. The first-order chi connectivity index (χ1) is 7.18. The minimum Gasteiger partial charge on any atom is -0.287 e. The van der Waals surface area contributed by atoms with Crippen molar-refractivity contribution in [2.75, 3.05) is 0 Å². The lowest BCUT2D eigenvalue weighted by molar-refractivity contribution is 0.103. The van der Waals surface area contributed by atoms with Gasteiger partial charge in [-0.05, 0) is 30.6 Å². The van der Waals surface area contributed by atoms with Gasteiger partial charge < -0.3 is 0 Å². The van der Waals surface area contributed by atoms with Crippen molar-refractivity contribution < 1.29 is 9.18 Å². The number of halogens is 1. The predicted molar refractivity (Wildman–Crippen MR) is 54.5 cm³/mol. The van der Waals surface area contributed by atoms with Crippen LogP contribution in [-0.2, 0) is 0 Å². The van der Waals surface area contributed by atoms with Crippen LogP contribution in [-0.4, -0.2) is 15.4 Å². The summed E-state index contributed by atoms with van der Waals surface area (Å²) in [6, 6.07) is 4.44. The third-order valence-corrected chi connectivity index (χ3v) is 2.62. The molecule has 0 aliphatic carbocycles. The van der Waals surface area contributed by atoms with Crippen LogP contribution < -0.4 is 0 Å². The van der Waals surface area contributed by atoms with E-state index in [1.807, 2.05) is 0 Å². The van der Waals surface area contributed by atoms with Gasteiger partial charge in [-0.2, -0.15) is 0 Å². The summed E-state index contributed by atoms with van der Waals surface area (Å²) in [5, 5.41) is 3.55. The van der Waals surface area contributed by atoms with E-state index in [-0.39, 0.29) is 11.3 Å². The average Bonchev–Trinajstić information content (AvgIpc) is 2.74. The number of carbonyl (C=O) groups excluding carboxylic acids is 1. The van der Waals surface area contributed by atoms with Crippen molar-refractivity contribution in [3.63, 3.8) is 0 Å². The molecule has 15 heavy (non-hydrogen) atoms. The van der Waals surface area contributed by atoms with E-state index in [0.29, 0.717) is 4.88 Å². The molecule has 2 aromatic rings. The second-order valence-electron chi connectivity index (χ2n) is 3.09. The van der Waals surface area contributed by atoms with Gasteiger partial charge in [0, 0.05) is 0 Å². The Morgan fingerprint density at radius 3 is 2.93 bits per heavy atom. The highest BCUT2D eigenvalue weighted by Crippen LogP contribution is 2.16. The lowest BCUT2D eigenvalue weighted by Crippen LogP contribution is -2.02. The molecule has 1 heterocycles. The van der Waals surface area contributed by atoms with Gasteiger partial charge >= 0.3 is 0 Å². The summed E-state index contributed by atoms with van der Waals surface area (Å²) in [4.78, 5) is 12.1. The monoisotopic (exact) mass is 222 g/mol. The Bertz CT molecular complexity index is 496. The van der Waals surface area contributed by atoms with Gasteiger partial charge in [-0.3, -0.25) is 4.79 Å². The molecule has 0 aliphatic heterocycles. The topological polar surface area (TPSA) is 42.9 Å². The first kappa shape index (κ1) is 9.92. The normalized spacial score (nSPS) is 10.3. The number of hydrogen-bond donors (Lipinski definition) is 0. The number of aromatic nitrogens is 2. The zero-order valence-electron chi connectivity index (χ0n) is 7.90. The quantitative estimate of drug-likeness (QED) is 0.732. The van der Waals surface area contributed by atoms with Crippen LogP contribution in [0.4, 0.5) is 4.39 Å². The van der Waals surface area contributed by atoms with Gasteiger partial charge in [0.15, 0.2) is 0 Å². The molecule has 1 aromatic heterocycles. The van der Waals surface area contributed by atoms with Gasteiger partial charge in [0.1, 0.15) is 10.7 Å². The maximum atomic E-state index is 13.4. The zero-order valence-corrected chi connectivity index (χ0v) is 8.71. The van der Waals surface area contributed by atoms with Crippen molar-refractivity contribution in [3.05, 3.63) is 46.2 Å². The lowest BCUT2D eigenvalue weighted by atomic mass is 10.1. The second kappa shape index (κ2) is 3.86. The van der Waals surface area contributed by atoms with Crippen molar-refractivity contribution >= 4 is 17.3 Å². The fraction of sp³-hybridized carbons (Fsp3) is 0.100. The number of rotatable bonds is 2. The van der Waals surface area contributed by atoms with Gasteiger partial charge in [0.05, 0.1) is 11.8 Å². The van der Waals surface area contributed by atoms with Crippen molar-refractivity contribution in [3.8, 4) is 0 Å². The average molecular weight is 222 g/mol. The summed E-state index contributed by atoms with van der Waals surface area (Å²) in [5.41, 5.74) is 0.915. The first-order valence-corrected chi connectivity index (χ1v) is 5.04. The van der Waals surface area contributed by atoms with Crippen LogP contribution in [0.3, 0.4) is 0 Å². The summed E-state index contributed by atoms with van der Waals surface area (Å²) in [6.45, 7) is 1.81. The van der Waals surface area contributed by atoms with E-state index in [1.54, 1.807) is 13.0 Å². The number of hydrogen-bond acceptors (Lipinski definition) is 4.